The quantitative estimate of drug-likeness (QED) is 0.826. The standard InChI is InChI=1S/C10H10F3NO/c1-6(9(12)13)14-10(15)7-4-2-3-5-8(7)11/h2-6,9H,1H3,(H,14,15). The molecule has 1 unspecified atom stereocenters. The molecule has 0 radical (unpaired) electrons. The summed E-state index contributed by atoms with van der Waals surface area (Å²) < 4.78 is 37.2. The fourth-order valence-corrected chi connectivity index (χ4v) is 0.993. The summed E-state index contributed by atoms with van der Waals surface area (Å²) in [7, 11) is 0. The van der Waals surface area contributed by atoms with Crippen LogP contribution in [0.3, 0.4) is 0 Å². The Balaban J connectivity index is 2.74. The summed E-state index contributed by atoms with van der Waals surface area (Å²) >= 11 is 0. The largest absolute Gasteiger partial charge is 0.344 e. The van der Waals surface area contributed by atoms with Crippen molar-refractivity contribution in [2.75, 3.05) is 0 Å². The monoisotopic (exact) mass is 217 g/mol. The number of rotatable bonds is 3. The Kier molecular flexibility index (Phi) is 3.71. The lowest BCUT2D eigenvalue weighted by molar-refractivity contribution is 0.0777. The number of nitrogens with one attached hydrogen (secondary N) is 1. The second-order valence-corrected chi connectivity index (χ2v) is 3.08. The Labute approximate surface area is 85.1 Å². The van der Waals surface area contributed by atoms with Crippen LogP contribution in [-0.4, -0.2) is 18.4 Å². The minimum absolute atomic E-state index is 0.231. The molecule has 1 rings (SSSR count). The van der Waals surface area contributed by atoms with Crippen LogP contribution in [0.1, 0.15) is 17.3 Å². The van der Waals surface area contributed by atoms with Gasteiger partial charge in [-0.05, 0) is 19.1 Å². The Morgan fingerprint density at radius 2 is 1.93 bits per heavy atom. The van der Waals surface area contributed by atoms with Crippen LogP contribution < -0.4 is 5.32 Å². The van der Waals surface area contributed by atoms with E-state index in [9.17, 15) is 18.0 Å². The van der Waals surface area contributed by atoms with E-state index in [-0.39, 0.29) is 5.56 Å². The van der Waals surface area contributed by atoms with Gasteiger partial charge in [-0.3, -0.25) is 4.79 Å². The van der Waals surface area contributed by atoms with Gasteiger partial charge >= 0.3 is 0 Å². The molecule has 82 valence electrons. The normalized spacial score (nSPS) is 12.6. The summed E-state index contributed by atoms with van der Waals surface area (Å²) in [6.45, 7) is 1.16. The number of alkyl halides is 2. The van der Waals surface area contributed by atoms with E-state index in [0.717, 1.165) is 13.0 Å². The van der Waals surface area contributed by atoms with Crippen LogP contribution in [0.2, 0.25) is 0 Å². The number of carbonyl (C=O) groups excluding carboxylic acids is 1. The van der Waals surface area contributed by atoms with Crippen molar-refractivity contribution in [3.8, 4) is 0 Å². The van der Waals surface area contributed by atoms with Crippen LogP contribution in [0.4, 0.5) is 13.2 Å². The molecule has 0 saturated carbocycles. The zero-order valence-electron chi connectivity index (χ0n) is 8.01. The molecule has 2 nitrogen and oxygen atoms in total. The number of hydrogen-bond acceptors (Lipinski definition) is 1. The number of benzene rings is 1. The van der Waals surface area contributed by atoms with E-state index in [1.54, 1.807) is 0 Å². The summed E-state index contributed by atoms with van der Waals surface area (Å²) in [5, 5.41) is 2.01. The van der Waals surface area contributed by atoms with Gasteiger partial charge in [-0.25, -0.2) is 13.2 Å². The number of hydrogen-bond donors (Lipinski definition) is 1. The molecule has 0 aliphatic carbocycles. The molecular weight excluding hydrogens is 207 g/mol. The molecule has 1 N–H and O–H groups in total. The van der Waals surface area contributed by atoms with Gasteiger partial charge < -0.3 is 5.32 Å². The summed E-state index contributed by atoms with van der Waals surface area (Å²) in [4.78, 5) is 11.3. The van der Waals surface area contributed by atoms with Gasteiger partial charge in [-0.1, -0.05) is 12.1 Å². The maximum absolute atomic E-state index is 13.0. The fraction of sp³-hybridized carbons (Fsp3) is 0.300. The highest BCUT2D eigenvalue weighted by molar-refractivity contribution is 5.94. The van der Waals surface area contributed by atoms with Crippen molar-refractivity contribution in [1.82, 2.24) is 5.32 Å². The lowest BCUT2D eigenvalue weighted by Gasteiger charge is -2.12. The minimum Gasteiger partial charge on any atom is -0.344 e. The van der Waals surface area contributed by atoms with Crippen molar-refractivity contribution in [2.45, 2.75) is 19.4 Å². The maximum Gasteiger partial charge on any atom is 0.258 e. The summed E-state index contributed by atoms with van der Waals surface area (Å²) in [5.74, 6) is -1.56. The third-order valence-electron chi connectivity index (χ3n) is 1.86. The summed E-state index contributed by atoms with van der Waals surface area (Å²) in [6.07, 6.45) is -2.67. The molecular formula is C10H10F3NO. The van der Waals surface area contributed by atoms with Crippen LogP contribution in [0.25, 0.3) is 0 Å². The number of amides is 1. The van der Waals surface area contributed by atoms with Gasteiger partial charge in [0, 0.05) is 0 Å². The van der Waals surface area contributed by atoms with E-state index in [4.69, 9.17) is 0 Å². The van der Waals surface area contributed by atoms with E-state index < -0.39 is 24.2 Å². The van der Waals surface area contributed by atoms with Gasteiger partial charge in [0.05, 0.1) is 11.6 Å². The second-order valence-electron chi connectivity index (χ2n) is 3.08. The Hall–Kier alpha value is -1.52. The zero-order chi connectivity index (χ0) is 11.4. The molecule has 0 aliphatic rings. The van der Waals surface area contributed by atoms with E-state index in [1.165, 1.54) is 18.2 Å². The number of carbonyl (C=O) groups is 1. The molecule has 1 aromatic carbocycles. The van der Waals surface area contributed by atoms with Crippen molar-refractivity contribution in [2.24, 2.45) is 0 Å². The SMILES string of the molecule is CC(NC(=O)c1ccccc1F)C(F)F. The highest BCUT2D eigenvalue weighted by atomic mass is 19.3. The molecule has 0 aliphatic heterocycles. The molecule has 0 saturated heterocycles. The van der Waals surface area contributed by atoms with Crippen LogP contribution in [0.5, 0.6) is 0 Å². The third kappa shape index (κ3) is 2.97. The minimum atomic E-state index is -2.67. The molecule has 1 aromatic rings. The first-order chi connectivity index (χ1) is 7.02. The summed E-state index contributed by atoms with van der Waals surface area (Å²) in [5.41, 5.74) is -0.231. The summed E-state index contributed by atoms with van der Waals surface area (Å²) in [6, 6.07) is 3.93. The Bertz CT molecular complexity index is 354. The second kappa shape index (κ2) is 4.82. The molecule has 1 amide bonds. The topological polar surface area (TPSA) is 29.1 Å². The van der Waals surface area contributed by atoms with Gasteiger partial charge in [-0.2, -0.15) is 0 Å². The molecule has 0 fully saturated rings. The lowest BCUT2D eigenvalue weighted by atomic mass is 10.2. The average molecular weight is 217 g/mol. The third-order valence-corrected chi connectivity index (χ3v) is 1.86. The van der Waals surface area contributed by atoms with Crippen molar-refractivity contribution in [1.29, 1.82) is 0 Å². The lowest BCUT2D eigenvalue weighted by Crippen LogP contribution is -2.37. The maximum atomic E-state index is 13.0. The van der Waals surface area contributed by atoms with E-state index in [2.05, 4.69) is 0 Å². The Morgan fingerprint density at radius 3 is 2.47 bits per heavy atom. The van der Waals surface area contributed by atoms with Gasteiger partial charge in [-0.15, -0.1) is 0 Å². The predicted molar refractivity (Wildman–Crippen MR) is 49.3 cm³/mol. The first-order valence-electron chi connectivity index (χ1n) is 4.36. The molecule has 0 bridgehead atoms. The van der Waals surface area contributed by atoms with Gasteiger partial charge in [0.25, 0.3) is 12.3 Å². The van der Waals surface area contributed by atoms with Gasteiger partial charge in [0.1, 0.15) is 5.82 Å². The van der Waals surface area contributed by atoms with Gasteiger partial charge in [0.2, 0.25) is 0 Å². The van der Waals surface area contributed by atoms with Crippen molar-refractivity contribution in [3.63, 3.8) is 0 Å². The first kappa shape index (κ1) is 11.6. The smallest absolute Gasteiger partial charge is 0.258 e. The van der Waals surface area contributed by atoms with Crippen LogP contribution in [0, 0.1) is 5.82 Å². The van der Waals surface area contributed by atoms with Crippen molar-refractivity contribution < 1.29 is 18.0 Å². The molecule has 15 heavy (non-hydrogen) atoms. The molecule has 5 heteroatoms. The molecule has 0 aromatic heterocycles. The fourth-order valence-electron chi connectivity index (χ4n) is 0.993. The number of halogens is 3. The highest BCUT2D eigenvalue weighted by Crippen LogP contribution is 2.07. The molecule has 0 spiro atoms. The predicted octanol–water partition coefficient (Wildman–Crippen LogP) is 2.21. The van der Waals surface area contributed by atoms with Crippen molar-refractivity contribution >= 4 is 5.91 Å². The zero-order valence-corrected chi connectivity index (χ0v) is 8.01. The van der Waals surface area contributed by atoms with Crippen molar-refractivity contribution in [3.05, 3.63) is 35.6 Å². The van der Waals surface area contributed by atoms with Gasteiger partial charge in [0.15, 0.2) is 0 Å². The molecule has 1 atom stereocenters. The van der Waals surface area contributed by atoms with E-state index in [1.807, 2.05) is 5.32 Å². The highest BCUT2D eigenvalue weighted by Gasteiger charge is 2.19. The molecule has 0 heterocycles. The van der Waals surface area contributed by atoms with Crippen LogP contribution in [-0.2, 0) is 0 Å². The van der Waals surface area contributed by atoms with Crippen LogP contribution >= 0.6 is 0 Å². The van der Waals surface area contributed by atoms with Crippen LogP contribution in [0.15, 0.2) is 24.3 Å². The van der Waals surface area contributed by atoms with E-state index >= 15 is 0 Å². The first-order valence-corrected chi connectivity index (χ1v) is 4.36. The van der Waals surface area contributed by atoms with E-state index in [0.29, 0.717) is 0 Å². The average Bonchev–Trinajstić information content (AvgIpc) is 2.18. The Morgan fingerprint density at radius 1 is 1.33 bits per heavy atom.